The zero-order chi connectivity index (χ0) is 13.3. The molecule has 19 heavy (non-hydrogen) atoms. The van der Waals surface area contributed by atoms with Gasteiger partial charge in [-0.25, -0.2) is 5.48 Å². The van der Waals surface area contributed by atoms with Crippen LogP contribution in [0.4, 0.5) is 0 Å². The predicted molar refractivity (Wildman–Crippen MR) is 74.1 cm³/mol. The molecule has 2 aromatic carbocycles. The SMILES string of the molecule is O=C(CCc1ccccc1)NOCc1ccccc1. The summed E-state index contributed by atoms with van der Waals surface area (Å²) in [5, 5.41) is 0. The Morgan fingerprint density at radius 1 is 0.895 bits per heavy atom. The molecule has 0 saturated heterocycles. The lowest BCUT2D eigenvalue weighted by molar-refractivity contribution is -0.134. The standard InChI is InChI=1S/C16H17NO2/c18-16(12-11-14-7-3-1-4-8-14)17-19-13-15-9-5-2-6-10-15/h1-10H,11-13H2,(H,17,18). The number of carbonyl (C=O) groups excluding carboxylic acids is 1. The fourth-order valence-electron chi connectivity index (χ4n) is 1.73. The molecule has 0 radical (unpaired) electrons. The van der Waals surface area contributed by atoms with Gasteiger partial charge in [-0.15, -0.1) is 0 Å². The summed E-state index contributed by atoms with van der Waals surface area (Å²) in [6.45, 7) is 0.387. The predicted octanol–water partition coefficient (Wildman–Crippen LogP) is 2.87. The van der Waals surface area contributed by atoms with Gasteiger partial charge in [0.05, 0.1) is 6.61 Å². The van der Waals surface area contributed by atoms with E-state index in [1.165, 1.54) is 0 Å². The number of hydroxylamine groups is 1. The molecular weight excluding hydrogens is 238 g/mol. The Morgan fingerprint density at radius 3 is 2.11 bits per heavy atom. The van der Waals surface area contributed by atoms with Crippen molar-refractivity contribution >= 4 is 5.91 Å². The van der Waals surface area contributed by atoms with E-state index in [9.17, 15) is 4.79 Å². The Morgan fingerprint density at radius 2 is 1.47 bits per heavy atom. The molecular formula is C16H17NO2. The Balaban J connectivity index is 1.65. The van der Waals surface area contributed by atoms with Crippen LogP contribution in [0.2, 0.25) is 0 Å². The number of carbonyl (C=O) groups is 1. The number of nitrogens with one attached hydrogen (secondary N) is 1. The molecule has 2 rings (SSSR count). The fourth-order valence-corrected chi connectivity index (χ4v) is 1.73. The molecule has 0 saturated carbocycles. The molecule has 0 aliphatic rings. The lowest BCUT2D eigenvalue weighted by Gasteiger charge is -2.06. The molecule has 3 heteroatoms. The summed E-state index contributed by atoms with van der Waals surface area (Å²) in [7, 11) is 0. The van der Waals surface area contributed by atoms with E-state index in [2.05, 4.69) is 5.48 Å². The van der Waals surface area contributed by atoms with Gasteiger partial charge in [0.15, 0.2) is 0 Å². The van der Waals surface area contributed by atoms with Crippen LogP contribution in [-0.4, -0.2) is 5.91 Å². The summed E-state index contributed by atoms with van der Waals surface area (Å²) in [6.07, 6.45) is 1.15. The van der Waals surface area contributed by atoms with E-state index in [-0.39, 0.29) is 5.91 Å². The van der Waals surface area contributed by atoms with Gasteiger partial charge < -0.3 is 0 Å². The fraction of sp³-hybridized carbons (Fsp3) is 0.188. The maximum atomic E-state index is 11.6. The Hall–Kier alpha value is -2.13. The molecule has 0 aliphatic carbocycles. The third kappa shape index (κ3) is 4.94. The first-order chi connectivity index (χ1) is 9.34. The first-order valence-corrected chi connectivity index (χ1v) is 6.33. The summed E-state index contributed by atoms with van der Waals surface area (Å²) in [5.74, 6) is -0.0974. The number of hydrogen-bond donors (Lipinski definition) is 1. The van der Waals surface area contributed by atoms with E-state index in [0.29, 0.717) is 13.0 Å². The van der Waals surface area contributed by atoms with E-state index in [4.69, 9.17) is 4.84 Å². The lowest BCUT2D eigenvalue weighted by Crippen LogP contribution is -2.23. The van der Waals surface area contributed by atoms with Gasteiger partial charge in [-0.05, 0) is 17.5 Å². The highest BCUT2D eigenvalue weighted by Gasteiger charge is 2.02. The van der Waals surface area contributed by atoms with Crippen molar-refractivity contribution in [2.45, 2.75) is 19.4 Å². The molecule has 1 amide bonds. The second-order valence-corrected chi connectivity index (χ2v) is 4.29. The van der Waals surface area contributed by atoms with Gasteiger partial charge >= 0.3 is 0 Å². The van der Waals surface area contributed by atoms with Crippen molar-refractivity contribution in [2.75, 3.05) is 0 Å². The topological polar surface area (TPSA) is 38.3 Å². The van der Waals surface area contributed by atoms with Crippen molar-refractivity contribution in [1.82, 2.24) is 5.48 Å². The molecule has 2 aromatic rings. The number of aryl methyl sites for hydroxylation is 1. The highest BCUT2D eigenvalue weighted by atomic mass is 16.6. The van der Waals surface area contributed by atoms with Gasteiger partial charge in [-0.3, -0.25) is 9.63 Å². The third-order valence-electron chi connectivity index (χ3n) is 2.75. The number of amides is 1. The van der Waals surface area contributed by atoms with Crippen molar-refractivity contribution < 1.29 is 9.63 Å². The van der Waals surface area contributed by atoms with Crippen LogP contribution in [0.1, 0.15) is 17.5 Å². The van der Waals surface area contributed by atoms with Crippen molar-refractivity contribution in [3.05, 3.63) is 71.8 Å². The van der Waals surface area contributed by atoms with Crippen LogP contribution in [0, 0.1) is 0 Å². The highest BCUT2D eigenvalue weighted by Crippen LogP contribution is 2.03. The van der Waals surface area contributed by atoms with Gasteiger partial charge in [0.2, 0.25) is 5.91 Å². The zero-order valence-corrected chi connectivity index (χ0v) is 10.7. The minimum atomic E-state index is -0.0974. The second-order valence-electron chi connectivity index (χ2n) is 4.29. The third-order valence-corrected chi connectivity index (χ3v) is 2.75. The van der Waals surface area contributed by atoms with Crippen molar-refractivity contribution in [3.8, 4) is 0 Å². The zero-order valence-electron chi connectivity index (χ0n) is 10.7. The molecule has 3 nitrogen and oxygen atoms in total. The minimum Gasteiger partial charge on any atom is -0.273 e. The molecule has 0 bridgehead atoms. The summed E-state index contributed by atoms with van der Waals surface area (Å²) in [5.41, 5.74) is 4.65. The van der Waals surface area contributed by atoms with Crippen molar-refractivity contribution in [3.63, 3.8) is 0 Å². The number of rotatable bonds is 6. The van der Waals surface area contributed by atoms with Gasteiger partial charge in [0.1, 0.15) is 0 Å². The molecule has 0 spiro atoms. The van der Waals surface area contributed by atoms with Gasteiger partial charge in [-0.2, -0.15) is 0 Å². The average Bonchev–Trinajstić information content (AvgIpc) is 2.47. The van der Waals surface area contributed by atoms with Crippen molar-refractivity contribution in [1.29, 1.82) is 0 Å². The molecule has 1 N–H and O–H groups in total. The summed E-state index contributed by atoms with van der Waals surface area (Å²) < 4.78 is 0. The number of hydrogen-bond acceptors (Lipinski definition) is 2. The molecule has 0 atom stereocenters. The van der Waals surface area contributed by atoms with Crippen LogP contribution in [-0.2, 0) is 22.7 Å². The van der Waals surface area contributed by atoms with Gasteiger partial charge in [0.25, 0.3) is 0 Å². The maximum absolute atomic E-state index is 11.6. The van der Waals surface area contributed by atoms with E-state index < -0.39 is 0 Å². The first-order valence-electron chi connectivity index (χ1n) is 6.33. The van der Waals surface area contributed by atoms with Crippen LogP contribution in [0.15, 0.2) is 60.7 Å². The van der Waals surface area contributed by atoms with Gasteiger partial charge in [0, 0.05) is 6.42 Å². The van der Waals surface area contributed by atoms with E-state index >= 15 is 0 Å². The number of benzene rings is 2. The van der Waals surface area contributed by atoms with E-state index in [1.807, 2.05) is 60.7 Å². The highest BCUT2D eigenvalue weighted by molar-refractivity contribution is 5.75. The molecule has 0 aromatic heterocycles. The van der Waals surface area contributed by atoms with Crippen molar-refractivity contribution in [2.24, 2.45) is 0 Å². The summed E-state index contributed by atoms with van der Waals surface area (Å²) in [6, 6.07) is 19.7. The molecule has 0 fully saturated rings. The second kappa shape index (κ2) is 7.34. The molecule has 0 aliphatic heterocycles. The normalized spacial score (nSPS) is 10.1. The van der Waals surface area contributed by atoms with Gasteiger partial charge in [-0.1, -0.05) is 60.7 Å². The Labute approximate surface area is 113 Å². The maximum Gasteiger partial charge on any atom is 0.243 e. The quantitative estimate of drug-likeness (QED) is 0.806. The lowest BCUT2D eigenvalue weighted by atomic mass is 10.1. The minimum absolute atomic E-state index is 0.0974. The Kier molecular flexibility index (Phi) is 5.14. The van der Waals surface area contributed by atoms with Crippen LogP contribution < -0.4 is 5.48 Å². The van der Waals surface area contributed by atoms with E-state index in [1.54, 1.807) is 0 Å². The van der Waals surface area contributed by atoms with Crippen LogP contribution in [0.3, 0.4) is 0 Å². The Bertz CT molecular complexity index is 497. The molecule has 0 unspecified atom stereocenters. The summed E-state index contributed by atoms with van der Waals surface area (Å²) in [4.78, 5) is 16.7. The first kappa shape index (κ1) is 13.3. The average molecular weight is 255 g/mol. The monoisotopic (exact) mass is 255 g/mol. The van der Waals surface area contributed by atoms with Crippen LogP contribution in [0.25, 0.3) is 0 Å². The summed E-state index contributed by atoms with van der Waals surface area (Å²) >= 11 is 0. The smallest absolute Gasteiger partial charge is 0.243 e. The molecule has 0 heterocycles. The molecule has 98 valence electrons. The van der Waals surface area contributed by atoms with E-state index in [0.717, 1.165) is 17.5 Å². The van der Waals surface area contributed by atoms with Crippen LogP contribution in [0.5, 0.6) is 0 Å². The largest absolute Gasteiger partial charge is 0.273 e. The van der Waals surface area contributed by atoms with Crippen LogP contribution >= 0.6 is 0 Å².